The molecule has 1 saturated heterocycles. The van der Waals surface area contributed by atoms with E-state index < -0.39 is 0 Å². The number of benzene rings is 1. The van der Waals surface area contributed by atoms with Crippen molar-refractivity contribution in [2.24, 2.45) is 5.92 Å². The Morgan fingerprint density at radius 3 is 2.71 bits per heavy atom. The molecular weight excluding hydrogens is 471 g/mol. The third-order valence-corrected chi connectivity index (χ3v) is 7.24. The number of aromatic nitrogens is 2. The number of carbonyl (C=O) groups is 1. The minimum Gasteiger partial charge on any atom is -0.381 e. The van der Waals surface area contributed by atoms with Crippen LogP contribution in [0, 0.1) is 12.8 Å². The van der Waals surface area contributed by atoms with E-state index in [4.69, 9.17) is 33.0 Å². The molecule has 0 bridgehead atoms. The molecule has 1 fully saturated rings. The molecule has 3 rings (SSSR count). The first-order valence-corrected chi connectivity index (χ1v) is 12.9. The maximum Gasteiger partial charge on any atom is 0.272 e. The number of halogens is 2. The van der Waals surface area contributed by atoms with Crippen molar-refractivity contribution in [3.05, 3.63) is 57.9 Å². The van der Waals surface area contributed by atoms with Crippen molar-refractivity contribution in [1.29, 1.82) is 0 Å². The summed E-state index contributed by atoms with van der Waals surface area (Å²) >= 11 is 12.6. The van der Waals surface area contributed by atoms with Gasteiger partial charge in [0.25, 0.3) is 5.91 Å². The van der Waals surface area contributed by atoms with E-state index >= 15 is 0 Å². The van der Waals surface area contributed by atoms with E-state index in [9.17, 15) is 4.79 Å². The minimum atomic E-state index is -0.178. The standard InChI is InChI=1S/C26H36Cl2N4O2/c1-5-7-19(6-2)18(4)29-12-13-30-26(33)24-17(3)25(20-10-14-34-15-11-20)32(31-24)23-9-8-21(27)16-22(23)28/h5,8-9,16,18-20,29H,1,6-7,10-15H2,2-4H3,(H,30,33). The van der Waals surface area contributed by atoms with Crippen LogP contribution in [0.3, 0.4) is 0 Å². The van der Waals surface area contributed by atoms with Crippen LogP contribution in [-0.4, -0.2) is 48.0 Å². The zero-order chi connectivity index (χ0) is 24.7. The molecule has 1 aliphatic rings. The molecule has 6 nitrogen and oxygen atoms in total. The van der Waals surface area contributed by atoms with Crippen molar-refractivity contribution < 1.29 is 9.53 Å². The van der Waals surface area contributed by atoms with Crippen LogP contribution >= 0.6 is 23.2 Å². The second kappa shape index (κ2) is 12.7. The highest BCUT2D eigenvalue weighted by Gasteiger charge is 2.28. The first-order valence-electron chi connectivity index (χ1n) is 12.1. The highest BCUT2D eigenvalue weighted by Crippen LogP contribution is 2.35. The lowest BCUT2D eigenvalue weighted by Gasteiger charge is -2.24. The Kier molecular flexibility index (Phi) is 10.0. The van der Waals surface area contributed by atoms with E-state index in [1.165, 1.54) is 0 Å². The molecule has 2 N–H and O–H groups in total. The van der Waals surface area contributed by atoms with Gasteiger partial charge in [0, 0.05) is 48.8 Å². The van der Waals surface area contributed by atoms with Crippen LogP contribution in [0.5, 0.6) is 0 Å². The summed E-state index contributed by atoms with van der Waals surface area (Å²) < 4.78 is 7.38. The maximum atomic E-state index is 13.1. The van der Waals surface area contributed by atoms with Gasteiger partial charge in [0.2, 0.25) is 0 Å². The van der Waals surface area contributed by atoms with Gasteiger partial charge in [-0.15, -0.1) is 6.58 Å². The molecule has 0 radical (unpaired) electrons. The average molecular weight is 508 g/mol. The fourth-order valence-electron chi connectivity index (χ4n) is 4.68. The molecule has 1 aromatic heterocycles. The first kappa shape index (κ1) is 26.7. The van der Waals surface area contributed by atoms with E-state index in [-0.39, 0.29) is 11.8 Å². The van der Waals surface area contributed by atoms with Crippen molar-refractivity contribution in [3.63, 3.8) is 0 Å². The van der Waals surface area contributed by atoms with Crippen molar-refractivity contribution in [2.45, 2.75) is 58.4 Å². The largest absolute Gasteiger partial charge is 0.381 e. The molecule has 8 heteroatoms. The highest BCUT2D eigenvalue weighted by atomic mass is 35.5. The van der Waals surface area contributed by atoms with E-state index in [0.717, 1.165) is 42.6 Å². The summed E-state index contributed by atoms with van der Waals surface area (Å²) in [5.41, 5.74) is 3.05. The molecule has 1 aliphatic heterocycles. The second-order valence-corrected chi connectivity index (χ2v) is 9.79. The number of allylic oxidation sites excluding steroid dienone is 1. The number of carbonyl (C=O) groups excluding carboxylic acids is 1. The second-order valence-electron chi connectivity index (χ2n) is 8.94. The van der Waals surface area contributed by atoms with Crippen LogP contribution in [-0.2, 0) is 4.74 Å². The van der Waals surface area contributed by atoms with Gasteiger partial charge < -0.3 is 15.4 Å². The summed E-state index contributed by atoms with van der Waals surface area (Å²) in [5.74, 6) is 0.604. The Bertz CT molecular complexity index is 985. The zero-order valence-electron chi connectivity index (χ0n) is 20.4. The van der Waals surface area contributed by atoms with Gasteiger partial charge in [-0.2, -0.15) is 5.10 Å². The van der Waals surface area contributed by atoms with E-state index in [2.05, 4.69) is 31.1 Å². The van der Waals surface area contributed by atoms with Gasteiger partial charge in [0.1, 0.15) is 0 Å². The smallest absolute Gasteiger partial charge is 0.272 e. The van der Waals surface area contributed by atoms with Crippen LogP contribution in [0.1, 0.15) is 67.2 Å². The maximum absolute atomic E-state index is 13.1. The molecule has 0 spiro atoms. The molecular formula is C26H36Cl2N4O2. The predicted molar refractivity (Wildman–Crippen MR) is 140 cm³/mol. The van der Waals surface area contributed by atoms with E-state index in [0.29, 0.717) is 54.0 Å². The number of nitrogens with zero attached hydrogens (tertiary/aromatic N) is 2. The van der Waals surface area contributed by atoms with Gasteiger partial charge in [-0.25, -0.2) is 4.68 Å². The Labute approximate surface area is 213 Å². The van der Waals surface area contributed by atoms with Gasteiger partial charge in [-0.1, -0.05) is 42.6 Å². The fraction of sp³-hybridized carbons (Fsp3) is 0.538. The van der Waals surface area contributed by atoms with Crippen molar-refractivity contribution in [2.75, 3.05) is 26.3 Å². The molecule has 2 heterocycles. The van der Waals surface area contributed by atoms with Gasteiger partial charge >= 0.3 is 0 Å². The van der Waals surface area contributed by atoms with E-state index in [1.54, 1.807) is 12.1 Å². The Morgan fingerprint density at radius 1 is 1.32 bits per heavy atom. The quantitative estimate of drug-likeness (QED) is 0.303. The van der Waals surface area contributed by atoms with Crippen molar-refractivity contribution in [1.82, 2.24) is 20.4 Å². The summed E-state index contributed by atoms with van der Waals surface area (Å²) in [4.78, 5) is 13.1. The van der Waals surface area contributed by atoms with Crippen molar-refractivity contribution in [3.8, 4) is 5.69 Å². The highest BCUT2D eigenvalue weighted by molar-refractivity contribution is 6.35. The monoisotopic (exact) mass is 506 g/mol. The van der Waals surface area contributed by atoms with Gasteiger partial charge in [0.05, 0.1) is 16.4 Å². The third-order valence-electron chi connectivity index (χ3n) is 6.71. The SMILES string of the molecule is C=CCC(CC)C(C)NCCNC(=O)c1nn(-c2ccc(Cl)cc2Cl)c(C2CCOCC2)c1C. The Balaban J connectivity index is 1.76. The first-order chi connectivity index (χ1) is 16.4. The minimum absolute atomic E-state index is 0.178. The van der Waals surface area contributed by atoms with Crippen LogP contribution in [0.4, 0.5) is 0 Å². The summed E-state index contributed by atoms with van der Waals surface area (Å²) in [6.07, 6.45) is 5.80. The summed E-state index contributed by atoms with van der Waals surface area (Å²) in [7, 11) is 0. The predicted octanol–water partition coefficient (Wildman–Crippen LogP) is 5.69. The number of nitrogens with one attached hydrogen (secondary N) is 2. The van der Waals surface area contributed by atoms with Crippen LogP contribution in [0.2, 0.25) is 10.0 Å². The fourth-order valence-corrected chi connectivity index (χ4v) is 5.16. The number of amides is 1. The Hall–Kier alpha value is -1.86. The molecule has 1 amide bonds. The summed E-state index contributed by atoms with van der Waals surface area (Å²) in [6, 6.07) is 5.69. The summed E-state index contributed by atoms with van der Waals surface area (Å²) in [6.45, 7) is 12.8. The lowest BCUT2D eigenvalue weighted by Crippen LogP contribution is -2.39. The molecule has 2 unspecified atom stereocenters. The molecule has 2 atom stereocenters. The third kappa shape index (κ3) is 6.42. The number of hydrogen-bond donors (Lipinski definition) is 2. The number of ether oxygens (including phenoxy) is 1. The lowest BCUT2D eigenvalue weighted by molar-refractivity contribution is 0.0839. The van der Waals surface area contributed by atoms with Crippen molar-refractivity contribution >= 4 is 29.1 Å². The molecule has 0 aliphatic carbocycles. The average Bonchev–Trinajstić information content (AvgIpc) is 3.17. The van der Waals surface area contributed by atoms with Gasteiger partial charge in [-0.3, -0.25) is 4.79 Å². The molecule has 1 aromatic carbocycles. The topological polar surface area (TPSA) is 68.2 Å². The van der Waals surface area contributed by atoms with Crippen LogP contribution in [0.15, 0.2) is 30.9 Å². The molecule has 2 aromatic rings. The van der Waals surface area contributed by atoms with Gasteiger partial charge in [-0.05, 0) is 57.2 Å². The molecule has 34 heavy (non-hydrogen) atoms. The van der Waals surface area contributed by atoms with E-state index in [1.807, 2.05) is 23.7 Å². The summed E-state index contributed by atoms with van der Waals surface area (Å²) in [5, 5.41) is 12.3. The molecule has 0 saturated carbocycles. The lowest BCUT2D eigenvalue weighted by atomic mass is 9.93. The zero-order valence-corrected chi connectivity index (χ0v) is 21.9. The number of hydrogen-bond acceptors (Lipinski definition) is 4. The van der Waals surface area contributed by atoms with Crippen LogP contribution < -0.4 is 10.6 Å². The normalized spacial score (nSPS) is 16.3. The number of rotatable bonds is 11. The van der Waals surface area contributed by atoms with Crippen LogP contribution in [0.25, 0.3) is 5.69 Å². The molecule has 186 valence electrons. The van der Waals surface area contributed by atoms with Gasteiger partial charge in [0.15, 0.2) is 5.69 Å². The Morgan fingerprint density at radius 2 is 2.06 bits per heavy atom.